The molecule has 0 aliphatic heterocycles. The van der Waals surface area contributed by atoms with Crippen LogP contribution in [0.15, 0.2) is 10.6 Å². The van der Waals surface area contributed by atoms with Crippen molar-refractivity contribution >= 4 is 17.4 Å². The van der Waals surface area contributed by atoms with Crippen LogP contribution in [0.1, 0.15) is 32.6 Å². The smallest absolute Gasteiger partial charge is 0.175 e. The number of carbonyl (C=O) groups excluding carboxylic acids is 1. The molecular weight excluding hydrogens is 160 g/mol. The second-order valence-corrected chi connectivity index (χ2v) is 4.18. The van der Waals surface area contributed by atoms with Crippen molar-refractivity contribution in [2.75, 3.05) is 0 Å². The Morgan fingerprint density at radius 1 is 1.55 bits per heavy atom. The minimum atomic E-state index is 0.147. The summed E-state index contributed by atoms with van der Waals surface area (Å²) < 4.78 is 0. The van der Waals surface area contributed by atoms with E-state index in [1.165, 1.54) is 12.0 Å². The normalized spacial score (nSPS) is 36.7. The number of halogens is 1. The van der Waals surface area contributed by atoms with Gasteiger partial charge in [0.2, 0.25) is 0 Å². The molecule has 0 aromatic rings. The van der Waals surface area contributed by atoms with Crippen LogP contribution in [-0.4, -0.2) is 5.78 Å². The molecule has 0 amide bonds. The molecule has 11 heavy (non-hydrogen) atoms. The van der Waals surface area contributed by atoms with Crippen LogP contribution in [-0.2, 0) is 4.79 Å². The van der Waals surface area contributed by atoms with E-state index in [1.54, 1.807) is 0 Å². The number of ketones is 1. The molecule has 1 nitrogen and oxygen atoms in total. The zero-order chi connectivity index (χ0) is 8.06. The third kappa shape index (κ3) is 0.871. The van der Waals surface area contributed by atoms with Crippen molar-refractivity contribution in [2.24, 2.45) is 5.41 Å². The van der Waals surface area contributed by atoms with Crippen LogP contribution in [0.2, 0.25) is 0 Å². The van der Waals surface area contributed by atoms with Gasteiger partial charge in [0, 0.05) is 6.42 Å². The standard InChI is InChI=1S/C9H11ClO/c1-9-4-2-3-6(9)8(10)7(11)5-9/h2-5H2,1H3. The maximum atomic E-state index is 11.2. The Labute approximate surface area is 71.4 Å². The van der Waals surface area contributed by atoms with Gasteiger partial charge in [-0.1, -0.05) is 18.5 Å². The Kier molecular flexibility index (Phi) is 1.40. The van der Waals surface area contributed by atoms with Crippen LogP contribution in [0.5, 0.6) is 0 Å². The van der Waals surface area contributed by atoms with Crippen molar-refractivity contribution in [3.63, 3.8) is 0 Å². The van der Waals surface area contributed by atoms with E-state index in [0.29, 0.717) is 11.5 Å². The van der Waals surface area contributed by atoms with E-state index < -0.39 is 0 Å². The number of rotatable bonds is 0. The minimum absolute atomic E-state index is 0.147. The molecule has 2 heteroatoms. The molecule has 0 bridgehead atoms. The molecule has 1 saturated carbocycles. The molecule has 0 spiro atoms. The lowest BCUT2D eigenvalue weighted by molar-refractivity contribution is -0.115. The summed E-state index contributed by atoms with van der Waals surface area (Å²) in [4.78, 5) is 11.2. The number of hydrogen-bond donors (Lipinski definition) is 0. The van der Waals surface area contributed by atoms with Crippen LogP contribution in [0.25, 0.3) is 0 Å². The van der Waals surface area contributed by atoms with Crippen molar-refractivity contribution in [2.45, 2.75) is 32.6 Å². The van der Waals surface area contributed by atoms with Gasteiger partial charge in [-0.15, -0.1) is 0 Å². The number of fused-ring (bicyclic) bond motifs is 1. The van der Waals surface area contributed by atoms with E-state index in [-0.39, 0.29) is 11.2 Å². The van der Waals surface area contributed by atoms with Gasteiger partial charge in [0.15, 0.2) is 5.78 Å². The Morgan fingerprint density at radius 3 is 2.91 bits per heavy atom. The highest BCUT2D eigenvalue weighted by Crippen LogP contribution is 2.52. The highest BCUT2D eigenvalue weighted by atomic mass is 35.5. The van der Waals surface area contributed by atoms with Gasteiger partial charge in [0.05, 0.1) is 5.03 Å². The molecule has 0 radical (unpaired) electrons. The van der Waals surface area contributed by atoms with Crippen LogP contribution < -0.4 is 0 Å². The molecule has 2 aliphatic rings. The summed E-state index contributed by atoms with van der Waals surface area (Å²) in [6.45, 7) is 2.16. The lowest BCUT2D eigenvalue weighted by Gasteiger charge is -2.17. The van der Waals surface area contributed by atoms with Crippen molar-refractivity contribution in [1.29, 1.82) is 0 Å². The fraction of sp³-hybridized carbons (Fsp3) is 0.667. The Bertz CT molecular complexity index is 254. The number of Topliss-reactive ketones (excluding diaryl/α,β-unsaturated/α-hetero) is 1. The van der Waals surface area contributed by atoms with Gasteiger partial charge in [-0.05, 0) is 30.3 Å². The Hall–Kier alpha value is -0.300. The van der Waals surface area contributed by atoms with Gasteiger partial charge in [0.25, 0.3) is 0 Å². The van der Waals surface area contributed by atoms with Crippen LogP contribution in [0.4, 0.5) is 0 Å². The van der Waals surface area contributed by atoms with Crippen LogP contribution >= 0.6 is 11.6 Å². The molecule has 0 aromatic carbocycles. The SMILES string of the molecule is CC12CCCC1=C(Cl)C(=O)C2. The molecule has 60 valence electrons. The molecule has 1 fully saturated rings. The molecule has 0 heterocycles. The molecule has 0 N–H and O–H groups in total. The zero-order valence-electron chi connectivity index (χ0n) is 6.61. The molecule has 0 saturated heterocycles. The molecule has 1 atom stereocenters. The predicted octanol–water partition coefficient (Wildman–Crippen LogP) is 2.64. The van der Waals surface area contributed by atoms with E-state index in [1.807, 2.05) is 0 Å². The van der Waals surface area contributed by atoms with Crippen molar-refractivity contribution in [1.82, 2.24) is 0 Å². The van der Waals surface area contributed by atoms with E-state index in [4.69, 9.17) is 11.6 Å². The first kappa shape index (κ1) is 7.35. The zero-order valence-corrected chi connectivity index (χ0v) is 7.37. The van der Waals surface area contributed by atoms with Crippen molar-refractivity contribution in [3.05, 3.63) is 10.6 Å². The van der Waals surface area contributed by atoms with E-state index in [9.17, 15) is 4.79 Å². The summed E-state index contributed by atoms with van der Waals surface area (Å²) in [5.41, 5.74) is 1.37. The average molecular weight is 171 g/mol. The van der Waals surface area contributed by atoms with Gasteiger partial charge >= 0.3 is 0 Å². The van der Waals surface area contributed by atoms with E-state index in [2.05, 4.69) is 6.92 Å². The Balaban J connectivity index is 2.47. The molecule has 2 rings (SSSR count). The molecule has 1 unspecified atom stereocenters. The molecular formula is C9H11ClO. The van der Waals surface area contributed by atoms with E-state index >= 15 is 0 Å². The monoisotopic (exact) mass is 170 g/mol. The van der Waals surface area contributed by atoms with Crippen LogP contribution in [0, 0.1) is 5.41 Å². The summed E-state index contributed by atoms with van der Waals surface area (Å²) >= 11 is 5.88. The average Bonchev–Trinajstić information content (AvgIpc) is 2.36. The quantitative estimate of drug-likeness (QED) is 0.546. The maximum absolute atomic E-state index is 11.2. The summed E-state index contributed by atoms with van der Waals surface area (Å²) in [7, 11) is 0. The van der Waals surface area contributed by atoms with Crippen molar-refractivity contribution < 1.29 is 4.79 Å². The first-order chi connectivity index (χ1) is 5.13. The number of allylic oxidation sites excluding steroid dienone is 2. The fourth-order valence-electron chi connectivity index (χ4n) is 2.28. The number of carbonyl (C=O) groups is 1. The predicted molar refractivity (Wildman–Crippen MR) is 44.5 cm³/mol. The fourth-order valence-corrected chi connectivity index (χ4v) is 2.67. The summed E-state index contributed by atoms with van der Waals surface area (Å²) in [5.74, 6) is 0.156. The van der Waals surface area contributed by atoms with Gasteiger partial charge < -0.3 is 0 Å². The summed E-state index contributed by atoms with van der Waals surface area (Å²) in [6.07, 6.45) is 4.04. The maximum Gasteiger partial charge on any atom is 0.175 e. The van der Waals surface area contributed by atoms with Crippen molar-refractivity contribution in [3.8, 4) is 0 Å². The lowest BCUT2D eigenvalue weighted by atomic mass is 9.86. The second-order valence-electron chi connectivity index (χ2n) is 3.81. The lowest BCUT2D eigenvalue weighted by Crippen LogP contribution is -2.10. The van der Waals surface area contributed by atoms with Gasteiger partial charge in [-0.25, -0.2) is 0 Å². The summed E-state index contributed by atoms with van der Waals surface area (Å²) in [5, 5.41) is 0.546. The highest BCUT2D eigenvalue weighted by Gasteiger charge is 2.43. The second kappa shape index (κ2) is 2.10. The third-order valence-electron chi connectivity index (χ3n) is 2.94. The highest BCUT2D eigenvalue weighted by molar-refractivity contribution is 6.44. The Morgan fingerprint density at radius 2 is 2.27 bits per heavy atom. The van der Waals surface area contributed by atoms with Gasteiger partial charge in [-0.3, -0.25) is 4.79 Å². The topological polar surface area (TPSA) is 17.1 Å². The molecule has 0 aromatic heterocycles. The first-order valence-electron chi connectivity index (χ1n) is 4.06. The van der Waals surface area contributed by atoms with E-state index in [0.717, 1.165) is 12.8 Å². The number of hydrogen-bond acceptors (Lipinski definition) is 1. The largest absolute Gasteiger partial charge is 0.293 e. The summed E-state index contributed by atoms with van der Waals surface area (Å²) in [6, 6.07) is 0. The van der Waals surface area contributed by atoms with Crippen LogP contribution in [0.3, 0.4) is 0 Å². The first-order valence-corrected chi connectivity index (χ1v) is 4.44. The van der Waals surface area contributed by atoms with Gasteiger partial charge in [-0.2, -0.15) is 0 Å². The minimum Gasteiger partial charge on any atom is -0.293 e. The van der Waals surface area contributed by atoms with Gasteiger partial charge in [0.1, 0.15) is 0 Å². The molecule has 2 aliphatic carbocycles. The third-order valence-corrected chi connectivity index (χ3v) is 3.38.